The molecule has 4 atom stereocenters. The van der Waals surface area contributed by atoms with E-state index in [-0.39, 0.29) is 44.8 Å². The van der Waals surface area contributed by atoms with E-state index in [2.05, 4.69) is 16.0 Å². The van der Waals surface area contributed by atoms with Crippen molar-refractivity contribution in [2.45, 2.75) is 89.6 Å². The van der Waals surface area contributed by atoms with Crippen LogP contribution in [0.2, 0.25) is 0 Å². The highest BCUT2D eigenvalue weighted by Crippen LogP contribution is 2.21. The summed E-state index contributed by atoms with van der Waals surface area (Å²) in [7, 11) is -2.22. The van der Waals surface area contributed by atoms with Crippen molar-refractivity contribution in [1.82, 2.24) is 20.9 Å². The summed E-state index contributed by atoms with van der Waals surface area (Å²) >= 11 is 0. The number of carbonyl (C=O) groups is 6. The number of nitrogens with one attached hydrogen (secondary N) is 3. The lowest BCUT2D eigenvalue weighted by Gasteiger charge is -2.30. The number of hydrogen-bond donors (Lipinski definition) is 4. The number of likely N-dealkylation sites (tertiary alicyclic amines) is 1. The number of amides is 5. The Kier molecular flexibility index (Phi) is 16.0. The maximum Gasteiger partial charge on any atom is 0.408 e. The summed E-state index contributed by atoms with van der Waals surface area (Å²) in [6.07, 6.45) is 2.04. The number of allylic oxidation sites excluding steroid dienone is 1. The molecule has 15 nitrogen and oxygen atoms in total. The first-order valence-electron chi connectivity index (χ1n) is 15.7. The van der Waals surface area contributed by atoms with E-state index in [1.54, 1.807) is 30.3 Å². The highest BCUT2D eigenvalue weighted by Gasteiger charge is 2.39. The van der Waals surface area contributed by atoms with Crippen molar-refractivity contribution >= 4 is 45.5 Å². The maximum atomic E-state index is 13.8. The van der Waals surface area contributed by atoms with Crippen LogP contribution >= 0.6 is 0 Å². The summed E-state index contributed by atoms with van der Waals surface area (Å²) in [5, 5.41) is 8.70. The predicted molar refractivity (Wildman–Crippen MR) is 175 cm³/mol. The van der Waals surface area contributed by atoms with E-state index in [1.165, 1.54) is 18.1 Å². The fraction of sp³-hybridized carbons (Fsp3) is 0.562. The van der Waals surface area contributed by atoms with Gasteiger partial charge in [0, 0.05) is 24.6 Å². The number of nitrogens with zero attached hydrogens (tertiary/aromatic N) is 1. The molecule has 0 saturated carbocycles. The number of alkyl carbamates (subject to hydrolysis) is 1. The molecule has 0 radical (unpaired) electrons. The van der Waals surface area contributed by atoms with E-state index in [0.29, 0.717) is 24.8 Å². The molecule has 266 valence electrons. The van der Waals surface area contributed by atoms with Crippen LogP contribution in [0.3, 0.4) is 0 Å². The zero-order chi connectivity index (χ0) is 35.9. The Balaban J connectivity index is 2.24. The van der Waals surface area contributed by atoms with Gasteiger partial charge in [0.1, 0.15) is 30.8 Å². The summed E-state index contributed by atoms with van der Waals surface area (Å²) in [6, 6.07) is 4.37. The number of carbonyl (C=O) groups excluding carboxylic acids is 6. The van der Waals surface area contributed by atoms with Gasteiger partial charge in [-0.25, -0.2) is 18.0 Å². The van der Waals surface area contributed by atoms with Crippen molar-refractivity contribution in [2.24, 2.45) is 11.7 Å². The number of nitrogens with two attached hydrogens (primary N) is 1. The minimum atomic E-state index is -3.44. The van der Waals surface area contributed by atoms with Gasteiger partial charge in [-0.1, -0.05) is 50.3 Å². The highest BCUT2D eigenvalue weighted by atomic mass is 32.2. The van der Waals surface area contributed by atoms with Gasteiger partial charge < -0.3 is 36.1 Å². The van der Waals surface area contributed by atoms with Crippen LogP contribution in [0.5, 0.6) is 0 Å². The molecule has 0 spiro atoms. The molecule has 1 saturated heterocycles. The van der Waals surface area contributed by atoms with Gasteiger partial charge in [0.2, 0.25) is 23.6 Å². The number of primary amides is 1. The van der Waals surface area contributed by atoms with Gasteiger partial charge in [0.15, 0.2) is 9.84 Å². The minimum absolute atomic E-state index is 0.0585. The summed E-state index contributed by atoms with van der Waals surface area (Å²) < 4.78 is 33.1. The summed E-state index contributed by atoms with van der Waals surface area (Å²) in [6.45, 7) is 3.86. The molecule has 16 heteroatoms. The molecule has 0 unspecified atom stereocenters. The molecule has 5 amide bonds. The third-order valence-corrected chi connectivity index (χ3v) is 8.12. The fourth-order valence-corrected chi connectivity index (χ4v) is 5.58. The second kappa shape index (κ2) is 19.4. The van der Waals surface area contributed by atoms with E-state index in [4.69, 9.17) is 15.2 Å². The monoisotopic (exact) mass is 693 g/mol. The second-order valence-electron chi connectivity index (χ2n) is 12.0. The van der Waals surface area contributed by atoms with Crippen molar-refractivity contribution in [1.29, 1.82) is 0 Å². The highest BCUT2D eigenvalue weighted by molar-refractivity contribution is 7.93. The first-order chi connectivity index (χ1) is 22.6. The average molecular weight is 694 g/mol. The number of esters is 1. The lowest BCUT2D eigenvalue weighted by atomic mass is 10.0. The molecule has 0 bridgehead atoms. The number of benzene rings is 1. The van der Waals surface area contributed by atoms with Gasteiger partial charge in [-0.2, -0.15) is 0 Å². The molecule has 5 N–H and O–H groups in total. The Hall–Kier alpha value is -4.47. The van der Waals surface area contributed by atoms with Crippen molar-refractivity contribution in [3.63, 3.8) is 0 Å². The quantitative estimate of drug-likeness (QED) is 0.160. The Morgan fingerprint density at radius 1 is 1.00 bits per heavy atom. The maximum absolute atomic E-state index is 13.8. The van der Waals surface area contributed by atoms with Gasteiger partial charge in [-0.3, -0.25) is 19.2 Å². The molecule has 2 rings (SSSR count). The van der Waals surface area contributed by atoms with Crippen LogP contribution in [0.4, 0.5) is 4.79 Å². The van der Waals surface area contributed by atoms with E-state index >= 15 is 0 Å². The molecule has 48 heavy (non-hydrogen) atoms. The molecule has 1 heterocycles. The average Bonchev–Trinajstić information content (AvgIpc) is 3.52. The minimum Gasteiger partial charge on any atom is -0.467 e. The summed E-state index contributed by atoms with van der Waals surface area (Å²) in [5.74, 6) is -3.30. The van der Waals surface area contributed by atoms with Gasteiger partial charge in [0.05, 0.1) is 7.11 Å². The number of hydrogen-bond acceptors (Lipinski definition) is 10. The van der Waals surface area contributed by atoms with Crippen molar-refractivity contribution in [3.8, 4) is 0 Å². The first-order valence-corrected chi connectivity index (χ1v) is 17.7. The Morgan fingerprint density at radius 3 is 2.29 bits per heavy atom. The molecule has 0 aliphatic carbocycles. The topological polar surface area (TPSA) is 220 Å². The lowest BCUT2D eigenvalue weighted by Crippen LogP contribution is -2.57. The zero-order valence-corrected chi connectivity index (χ0v) is 28.6. The van der Waals surface area contributed by atoms with E-state index < -0.39 is 69.7 Å². The molecule has 1 aromatic rings. The van der Waals surface area contributed by atoms with Crippen LogP contribution in [-0.2, 0) is 49.9 Å². The standard InChI is InChI=1S/C32H47N5O10S/c1-21(2)19-25(31(42)46-3)35-29(40)26-14-10-17-37(26)30(41)24(15-16-27(33)38)34-28(39)23(13-8-9-18-48(4,44)45)36-32(43)47-20-22-11-6-5-7-12-22/h5-7,9,11-12,18,21,23-26H,8,10,13-17,19-20H2,1-4H3,(H2,33,38)(H,34,39)(H,35,40)(H,36,43)/t23-,24-,25-,26-/m0/s1. The van der Waals surface area contributed by atoms with Crippen LogP contribution in [-0.4, -0.2) is 93.1 Å². The smallest absolute Gasteiger partial charge is 0.408 e. The fourth-order valence-electron chi connectivity index (χ4n) is 5.10. The molecule has 0 aromatic heterocycles. The normalized spacial score (nSPS) is 16.5. The number of methoxy groups -OCH3 is 1. The van der Waals surface area contributed by atoms with Crippen LogP contribution in [0.25, 0.3) is 0 Å². The zero-order valence-electron chi connectivity index (χ0n) is 27.8. The summed E-state index contributed by atoms with van der Waals surface area (Å²) in [5.41, 5.74) is 6.05. The lowest BCUT2D eigenvalue weighted by molar-refractivity contribution is -0.147. The molecule has 1 fully saturated rings. The van der Waals surface area contributed by atoms with Crippen molar-refractivity contribution < 1.29 is 46.7 Å². The second-order valence-corrected chi connectivity index (χ2v) is 13.9. The molecular formula is C32H47N5O10S. The van der Waals surface area contributed by atoms with Crippen LogP contribution < -0.4 is 21.7 Å². The predicted octanol–water partition coefficient (Wildman–Crippen LogP) is 1.07. The van der Waals surface area contributed by atoms with Crippen LogP contribution in [0.1, 0.15) is 64.4 Å². The van der Waals surface area contributed by atoms with Gasteiger partial charge >= 0.3 is 12.1 Å². The SMILES string of the molecule is COC(=O)[C@H](CC(C)C)NC(=O)[C@@H]1CCCN1C(=O)[C@H](CCC(N)=O)NC(=O)[C@H](CCC=CS(C)(=O)=O)NC(=O)OCc1ccccc1. The number of rotatable bonds is 18. The van der Waals surface area contributed by atoms with Crippen molar-refractivity contribution in [3.05, 3.63) is 47.4 Å². The summed E-state index contributed by atoms with van der Waals surface area (Å²) in [4.78, 5) is 78.6. The molecule has 1 aliphatic rings. The van der Waals surface area contributed by atoms with E-state index in [0.717, 1.165) is 11.7 Å². The van der Waals surface area contributed by atoms with Crippen molar-refractivity contribution in [2.75, 3.05) is 19.9 Å². The molecular weight excluding hydrogens is 646 g/mol. The molecule has 1 aliphatic heterocycles. The van der Waals surface area contributed by atoms with Gasteiger partial charge in [-0.05, 0) is 50.0 Å². The largest absolute Gasteiger partial charge is 0.467 e. The van der Waals surface area contributed by atoms with E-state index in [9.17, 15) is 37.2 Å². The van der Waals surface area contributed by atoms with E-state index in [1.807, 2.05) is 13.8 Å². The van der Waals surface area contributed by atoms with Crippen LogP contribution in [0, 0.1) is 5.92 Å². The number of ether oxygens (including phenoxy) is 2. The Bertz CT molecular complexity index is 1420. The third-order valence-electron chi connectivity index (χ3n) is 7.43. The van der Waals surface area contributed by atoms with Gasteiger partial charge in [-0.15, -0.1) is 0 Å². The third kappa shape index (κ3) is 14.1. The molecule has 1 aromatic carbocycles. The first kappa shape index (κ1) is 39.7. The number of sulfone groups is 1. The van der Waals surface area contributed by atoms with Crippen LogP contribution in [0.15, 0.2) is 41.8 Å². The Labute approximate surface area is 281 Å². The van der Waals surface area contributed by atoms with Gasteiger partial charge in [0.25, 0.3) is 0 Å². The Morgan fingerprint density at radius 2 is 1.69 bits per heavy atom.